The lowest BCUT2D eigenvalue weighted by Gasteiger charge is -2.17. The van der Waals surface area contributed by atoms with E-state index in [1.54, 1.807) is 23.1 Å². The summed E-state index contributed by atoms with van der Waals surface area (Å²) >= 11 is 6.06. The third-order valence-electron chi connectivity index (χ3n) is 3.66. The van der Waals surface area contributed by atoms with Gasteiger partial charge in [-0.2, -0.15) is 0 Å². The maximum Gasteiger partial charge on any atom is 0.310 e. The van der Waals surface area contributed by atoms with E-state index in [-0.39, 0.29) is 28.7 Å². The molecule has 108 valence electrons. The summed E-state index contributed by atoms with van der Waals surface area (Å²) < 4.78 is 4.76. The highest BCUT2D eigenvalue weighted by atomic mass is 35.5. The zero-order valence-electron chi connectivity index (χ0n) is 11.4. The van der Waals surface area contributed by atoms with E-state index >= 15 is 0 Å². The molecular weight excluding hydrogens is 280 g/mol. The standard InChI is InChI=1S/C14H17ClN2O3/c1-8-6-17(7-10(8)14(19)20-2)13(18)9-4-3-5-11(16)12(9)15/h3-5,8,10H,6-7,16H2,1-2H3. The van der Waals surface area contributed by atoms with Crippen molar-refractivity contribution in [2.75, 3.05) is 25.9 Å². The number of rotatable bonds is 2. The van der Waals surface area contributed by atoms with Crippen LogP contribution in [0.2, 0.25) is 5.02 Å². The topological polar surface area (TPSA) is 72.6 Å². The van der Waals surface area contributed by atoms with Gasteiger partial charge in [-0.3, -0.25) is 9.59 Å². The van der Waals surface area contributed by atoms with Crippen LogP contribution < -0.4 is 5.73 Å². The SMILES string of the molecule is COC(=O)C1CN(C(=O)c2cccc(N)c2Cl)CC1C. The van der Waals surface area contributed by atoms with E-state index in [4.69, 9.17) is 22.1 Å². The molecule has 1 aliphatic rings. The Morgan fingerprint density at radius 2 is 2.10 bits per heavy atom. The molecule has 0 bridgehead atoms. The molecule has 1 aliphatic heterocycles. The minimum Gasteiger partial charge on any atom is -0.469 e. The first-order valence-electron chi connectivity index (χ1n) is 6.36. The number of methoxy groups -OCH3 is 1. The molecule has 0 aliphatic carbocycles. The number of nitrogens with two attached hydrogens (primary N) is 1. The van der Waals surface area contributed by atoms with Gasteiger partial charge in [-0.15, -0.1) is 0 Å². The Balaban J connectivity index is 2.19. The average molecular weight is 297 g/mol. The first kappa shape index (κ1) is 14.7. The van der Waals surface area contributed by atoms with Gasteiger partial charge in [-0.25, -0.2) is 0 Å². The predicted molar refractivity (Wildman–Crippen MR) is 76.4 cm³/mol. The van der Waals surface area contributed by atoms with Crippen molar-refractivity contribution in [1.82, 2.24) is 4.90 Å². The molecular formula is C14H17ClN2O3. The number of hydrogen-bond acceptors (Lipinski definition) is 4. The number of nitrogens with zero attached hydrogens (tertiary/aromatic N) is 1. The van der Waals surface area contributed by atoms with Gasteiger partial charge in [-0.1, -0.05) is 24.6 Å². The van der Waals surface area contributed by atoms with Crippen LogP contribution in [0, 0.1) is 11.8 Å². The summed E-state index contributed by atoms with van der Waals surface area (Å²) in [5, 5.41) is 0.256. The van der Waals surface area contributed by atoms with Gasteiger partial charge < -0.3 is 15.4 Å². The van der Waals surface area contributed by atoms with E-state index in [2.05, 4.69) is 0 Å². The normalized spacial score (nSPS) is 21.9. The zero-order chi connectivity index (χ0) is 14.9. The fourth-order valence-electron chi connectivity index (χ4n) is 2.48. The second-order valence-corrected chi connectivity index (χ2v) is 5.40. The number of halogens is 1. The molecule has 1 saturated heterocycles. The lowest BCUT2D eigenvalue weighted by molar-refractivity contribution is -0.146. The summed E-state index contributed by atoms with van der Waals surface area (Å²) in [4.78, 5) is 25.7. The zero-order valence-corrected chi connectivity index (χ0v) is 12.2. The summed E-state index contributed by atoms with van der Waals surface area (Å²) in [5.41, 5.74) is 6.44. The number of anilines is 1. The average Bonchev–Trinajstić information content (AvgIpc) is 2.82. The Morgan fingerprint density at radius 3 is 2.75 bits per heavy atom. The van der Waals surface area contributed by atoms with Crippen molar-refractivity contribution in [2.24, 2.45) is 11.8 Å². The fourth-order valence-corrected chi connectivity index (χ4v) is 2.68. The summed E-state index contributed by atoms with van der Waals surface area (Å²) in [6.45, 7) is 2.78. The van der Waals surface area contributed by atoms with E-state index in [1.165, 1.54) is 7.11 Å². The van der Waals surface area contributed by atoms with Crippen LogP contribution in [0.3, 0.4) is 0 Å². The molecule has 1 amide bonds. The third-order valence-corrected chi connectivity index (χ3v) is 4.08. The van der Waals surface area contributed by atoms with Crippen LogP contribution in [0.4, 0.5) is 5.69 Å². The Morgan fingerprint density at radius 1 is 1.40 bits per heavy atom. The molecule has 1 aromatic rings. The van der Waals surface area contributed by atoms with Crippen molar-refractivity contribution in [3.8, 4) is 0 Å². The van der Waals surface area contributed by atoms with Crippen molar-refractivity contribution in [1.29, 1.82) is 0 Å². The minimum absolute atomic E-state index is 0.0613. The highest BCUT2D eigenvalue weighted by Gasteiger charge is 2.38. The number of carbonyl (C=O) groups excluding carboxylic acids is 2. The summed E-state index contributed by atoms with van der Waals surface area (Å²) in [6.07, 6.45) is 0. The van der Waals surface area contributed by atoms with Gasteiger partial charge in [0.25, 0.3) is 5.91 Å². The lowest BCUT2D eigenvalue weighted by Crippen LogP contribution is -2.30. The molecule has 1 heterocycles. The molecule has 20 heavy (non-hydrogen) atoms. The van der Waals surface area contributed by atoms with E-state index in [1.807, 2.05) is 6.92 Å². The van der Waals surface area contributed by atoms with Gasteiger partial charge in [0, 0.05) is 13.1 Å². The number of nitrogen functional groups attached to an aromatic ring is 1. The molecule has 0 spiro atoms. The molecule has 2 N–H and O–H groups in total. The predicted octanol–water partition coefficient (Wildman–Crippen LogP) is 1.80. The summed E-state index contributed by atoms with van der Waals surface area (Å²) in [5.74, 6) is -0.720. The van der Waals surface area contributed by atoms with Crippen LogP contribution in [0.25, 0.3) is 0 Å². The van der Waals surface area contributed by atoms with Gasteiger partial charge in [-0.05, 0) is 18.1 Å². The van der Waals surface area contributed by atoms with E-state index in [9.17, 15) is 9.59 Å². The van der Waals surface area contributed by atoms with Gasteiger partial charge >= 0.3 is 5.97 Å². The van der Waals surface area contributed by atoms with Crippen LogP contribution >= 0.6 is 11.6 Å². The van der Waals surface area contributed by atoms with E-state index in [0.29, 0.717) is 24.3 Å². The fraction of sp³-hybridized carbons (Fsp3) is 0.429. The monoisotopic (exact) mass is 296 g/mol. The van der Waals surface area contributed by atoms with Crippen LogP contribution in [-0.4, -0.2) is 37.0 Å². The van der Waals surface area contributed by atoms with Gasteiger partial charge in [0.1, 0.15) is 0 Å². The van der Waals surface area contributed by atoms with E-state index < -0.39 is 0 Å². The molecule has 1 fully saturated rings. The first-order chi connectivity index (χ1) is 9.45. The number of esters is 1. The van der Waals surface area contributed by atoms with Crippen molar-refractivity contribution in [3.05, 3.63) is 28.8 Å². The largest absolute Gasteiger partial charge is 0.469 e. The van der Waals surface area contributed by atoms with Crippen molar-refractivity contribution in [3.63, 3.8) is 0 Å². The number of amides is 1. The van der Waals surface area contributed by atoms with Gasteiger partial charge in [0.15, 0.2) is 0 Å². The Labute approximate surface area is 122 Å². The van der Waals surface area contributed by atoms with Crippen LogP contribution in [0.5, 0.6) is 0 Å². The van der Waals surface area contributed by atoms with Gasteiger partial charge in [0.2, 0.25) is 0 Å². The third kappa shape index (κ3) is 2.58. The van der Waals surface area contributed by atoms with Crippen molar-refractivity contribution >= 4 is 29.2 Å². The Kier molecular flexibility index (Phi) is 4.18. The molecule has 1 aromatic carbocycles. The lowest BCUT2D eigenvalue weighted by atomic mass is 9.99. The molecule has 0 radical (unpaired) electrons. The number of benzene rings is 1. The second-order valence-electron chi connectivity index (χ2n) is 5.03. The highest BCUT2D eigenvalue weighted by molar-refractivity contribution is 6.36. The number of hydrogen-bond donors (Lipinski definition) is 1. The van der Waals surface area contributed by atoms with Crippen LogP contribution in [0.1, 0.15) is 17.3 Å². The molecule has 2 rings (SSSR count). The highest BCUT2D eigenvalue weighted by Crippen LogP contribution is 2.29. The number of likely N-dealkylation sites (tertiary alicyclic amines) is 1. The Hall–Kier alpha value is -1.75. The minimum atomic E-state index is -0.288. The molecule has 6 heteroatoms. The Bertz CT molecular complexity index is 547. The van der Waals surface area contributed by atoms with Gasteiger partial charge in [0.05, 0.1) is 29.3 Å². The first-order valence-corrected chi connectivity index (χ1v) is 6.74. The summed E-state index contributed by atoms with van der Waals surface area (Å²) in [7, 11) is 1.36. The maximum absolute atomic E-state index is 12.5. The van der Waals surface area contributed by atoms with Crippen molar-refractivity contribution in [2.45, 2.75) is 6.92 Å². The quantitative estimate of drug-likeness (QED) is 0.667. The van der Waals surface area contributed by atoms with Crippen LogP contribution in [0.15, 0.2) is 18.2 Å². The number of ether oxygens (including phenoxy) is 1. The van der Waals surface area contributed by atoms with E-state index in [0.717, 1.165) is 0 Å². The maximum atomic E-state index is 12.5. The summed E-state index contributed by atoms with van der Waals surface area (Å²) in [6, 6.07) is 4.96. The second kappa shape index (κ2) is 5.71. The molecule has 2 unspecified atom stereocenters. The molecule has 0 aromatic heterocycles. The molecule has 2 atom stereocenters. The number of carbonyl (C=O) groups is 2. The smallest absolute Gasteiger partial charge is 0.310 e. The molecule has 5 nitrogen and oxygen atoms in total. The van der Waals surface area contributed by atoms with Crippen molar-refractivity contribution < 1.29 is 14.3 Å². The van der Waals surface area contributed by atoms with Crippen LogP contribution in [-0.2, 0) is 9.53 Å². The molecule has 0 saturated carbocycles.